The van der Waals surface area contributed by atoms with Crippen molar-refractivity contribution < 1.29 is 19.1 Å². The normalized spacial score (nSPS) is 17.9. The van der Waals surface area contributed by atoms with Crippen LogP contribution in [0, 0.1) is 5.41 Å². The summed E-state index contributed by atoms with van der Waals surface area (Å²) in [5.74, 6) is 0. The molecule has 0 saturated heterocycles. The molecule has 0 aliphatic rings. The highest BCUT2D eigenvalue weighted by Gasteiger charge is 2.18. The molecule has 0 fully saturated rings. The van der Waals surface area contributed by atoms with Gasteiger partial charge in [0, 0.05) is 12.1 Å². The van der Waals surface area contributed by atoms with Crippen molar-refractivity contribution in [2.45, 2.75) is 13.8 Å². The fraction of sp³-hybridized carbons (Fsp3) is 1.00. The maximum Gasteiger partial charge on any atom is 0.131 e. The Bertz CT molecular complexity index is 160. The minimum Gasteiger partial charge on any atom is -0.779 e. The number of hydrogen-bond donors (Lipinski definition) is 1. The smallest absolute Gasteiger partial charge is 0.131 e. The van der Waals surface area contributed by atoms with Crippen molar-refractivity contribution in [2.75, 3.05) is 19.9 Å². The van der Waals surface area contributed by atoms with E-state index in [0.717, 1.165) is 6.66 Å². The molecule has 4 nitrogen and oxygen atoms in total. The molecular weight excluding hydrogens is 167 g/mol. The van der Waals surface area contributed by atoms with Gasteiger partial charge < -0.3 is 19.1 Å². The van der Waals surface area contributed by atoms with Crippen molar-refractivity contribution >= 4 is 7.60 Å². The van der Waals surface area contributed by atoms with Gasteiger partial charge in [-0.05, 0) is 0 Å². The van der Waals surface area contributed by atoms with Crippen LogP contribution in [0.15, 0.2) is 0 Å². The number of hydrogen-bond acceptors (Lipinski definition) is 4. The molecule has 0 aromatic rings. The minimum absolute atomic E-state index is 0.0285. The summed E-state index contributed by atoms with van der Waals surface area (Å²) in [5.41, 5.74) is -0.490. The molecule has 0 amide bonds. The number of rotatable bonds is 4. The molecule has 0 aromatic carbocycles. The highest BCUT2D eigenvalue weighted by Crippen LogP contribution is 2.33. The van der Waals surface area contributed by atoms with Gasteiger partial charge in [0.15, 0.2) is 0 Å². The van der Waals surface area contributed by atoms with Gasteiger partial charge in [-0.3, -0.25) is 0 Å². The summed E-state index contributed by atoms with van der Waals surface area (Å²) in [6, 6.07) is 0. The van der Waals surface area contributed by atoms with Gasteiger partial charge in [0.1, 0.15) is 7.60 Å². The van der Waals surface area contributed by atoms with Gasteiger partial charge in [-0.2, -0.15) is 0 Å². The SMILES string of the molecule is CC(C)(CO)COP(C)(=O)[O-]. The molecule has 0 radical (unpaired) electrons. The first kappa shape index (κ1) is 11.1. The van der Waals surface area contributed by atoms with Crippen LogP contribution in [0.4, 0.5) is 0 Å². The van der Waals surface area contributed by atoms with Gasteiger partial charge in [-0.25, -0.2) is 0 Å². The van der Waals surface area contributed by atoms with E-state index in [2.05, 4.69) is 4.52 Å². The maximum atomic E-state index is 10.5. The van der Waals surface area contributed by atoms with E-state index in [0.29, 0.717) is 0 Å². The summed E-state index contributed by atoms with van der Waals surface area (Å²) >= 11 is 0. The molecule has 0 rings (SSSR count). The van der Waals surface area contributed by atoms with E-state index in [1.807, 2.05) is 0 Å². The van der Waals surface area contributed by atoms with Crippen molar-refractivity contribution in [3.05, 3.63) is 0 Å². The second-order valence-corrected chi connectivity index (χ2v) is 5.17. The van der Waals surface area contributed by atoms with Crippen LogP contribution in [-0.4, -0.2) is 25.0 Å². The lowest BCUT2D eigenvalue weighted by Crippen LogP contribution is -2.24. The third-order valence-electron chi connectivity index (χ3n) is 1.12. The number of aliphatic hydroxyl groups excluding tert-OH is 1. The lowest BCUT2D eigenvalue weighted by molar-refractivity contribution is -0.198. The van der Waals surface area contributed by atoms with E-state index in [4.69, 9.17) is 5.11 Å². The van der Waals surface area contributed by atoms with Gasteiger partial charge in [0.2, 0.25) is 0 Å². The Morgan fingerprint density at radius 2 is 2.09 bits per heavy atom. The Morgan fingerprint density at radius 1 is 1.64 bits per heavy atom. The summed E-state index contributed by atoms with van der Waals surface area (Å²) < 4.78 is 15.0. The third kappa shape index (κ3) is 6.51. The van der Waals surface area contributed by atoms with Crippen LogP contribution in [-0.2, 0) is 9.09 Å². The van der Waals surface area contributed by atoms with Crippen molar-refractivity contribution in [1.82, 2.24) is 0 Å². The molecule has 1 unspecified atom stereocenters. The van der Waals surface area contributed by atoms with Crippen LogP contribution in [0.1, 0.15) is 13.8 Å². The van der Waals surface area contributed by atoms with Crippen molar-refractivity contribution in [3.63, 3.8) is 0 Å². The molecular formula is C6H14O4P-. The van der Waals surface area contributed by atoms with Crippen LogP contribution in [0.3, 0.4) is 0 Å². The fourth-order valence-corrected chi connectivity index (χ4v) is 0.922. The molecule has 0 heterocycles. The van der Waals surface area contributed by atoms with E-state index in [1.165, 1.54) is 0 Å². The molecule has 68 valence electrons. The zero-order valence-electron chi connectivity index (χ0n) is 7.03. The highest BCUT2D eigenvalue weighted by atomic mass is 31.2. The average molecular weight is 181 g/mol. The van der Waals surface area contributed by atoms with Crippen LogP contribution in [0.2, 0.25) is 0 Å². The number of aliphatic hydroxyl groups is 1. The Hall–Kier alpha value is 0.110. The van der Waals surface area contributed by atoms with Crippen LogP contribution < -0.4 is 4.89 Å². The molecule has 0 aliphatic carbocycles. The highest BCUT2D eigenvalue weighted by molar-refractivity contribution is 7.50. The van der Waals surface area contributed by atoms with Crippen molar-refractivity contribution in [2.24, 2.45) is 5.41 Å². The van der Waals surface area contributed by atoms with E-state index in [9.17, 15) is 9.46 Å². The van der Waals surface area contributed by atoms with Crippen molar-refractivity contribution in [1.29, 1.82) is 0 Å². The fourth-order valence-electron chi connectivity index (χ4n) is 0.338. The van der Waals surface area contributed by atoms with E-state index >= 15 is 0 Å². The summed E-state index contributed by atoms with van der Waals surface area (Å²) in [6.07, 6.45) is 0. The van der Waals surface area contributed by atoms with E-state index in [-0.39, 0.29) is 13.2 Å². The molecule has 1 atom stereocenters. The van der Waals surface area contributed by atoms with Gasteiger partial charge in [0.25, 0.3) is 0 Å². The van der Waals surface area contributed by atoms with Gasteiger partial charge in [0.05, 0.1) is 13.2 Å². The summed E-state index contributed by atoms with van der Waals surface area (Å²) in [6.45, 7) is 4.40. The predicted octanol–water partition coefficient (Wildman–Crippen LogP) is 0.205. The molecule has 0 aliphatic heterocycles. The van der Waals surface area contributed by atoms with Gasteiger partial charge in [-0.15, -0.1) is 0 Å². The molecule has 0 aromatic heterocycles. The molecule has 0 bridgehead atoms. The predicted molar refractivity (Wildman–Crippen MR) is 40.3 cm³/mol. The topological polar surface area (TPSA) is 69.6 Å². The van der Waals surface area contributed by atoms with E-state index < -0.39 is 13.0 Å². The Labute approximate surface area is 66.7 Å². The lowest BCUT2D eigenvalue weighted by Gasteiger charge is -2.26. The Morgan fingerprint density at radius 3 is 2.36 bits per heavy atom. The zero-order chi connectivity index (χ0) is 9.12. The summed E-state index contributed by atoms with van der Waals surface area (Å²) in [4.78, 5) is 10.5. The lowest BCUT2D eigenvalue weighted by atomic mass is 9.97. The first-order valence-electron chi connectivity index (χ1n) is 3.31. The summed E-state index contributed by atoms with van der Waals surface area (Å²) in [7, 11) is -3.64. The van der Waals surface area contributed by atoms with Crippen LogP contribution in [0.25, 0.3) is 0 Å². The first-order valence-corrected chi connectivity index (χ1v) is 5.30. The maximum absolute atomic E-state index is 10.5. The average Bonchev–Trinajstić information content (AvgIpc) is 1.83. The Balaban J connectivity index is 3.80. The van der Waals surface area contributed by atoms with Gasteiger partial charge >= 0.3 is 0 Å². The second kappa shape index (κ2) is 3.68. The standard InChI is InChI=1S/C6H15O4P/c1-6(2,4-7)5-10-11(3,8)9/h7H,4-5H2,1-3H3,(H,8,9)/p-1. The molecule has 5 heteroatoms. The minimum atomic E-state index is -3.64. The summed E-state index contributed by atoms with van der Waals surface area (Å²) in [5, 5.41) is 8.72. The molecule has 0 saturated carbocycles. The molecule has 0 spiro atoms. The van der Waals surface area contributed by atoms with Crippen LogP contribution >= 0.6 is 7.60 Å². The second-order valence-electron chi connectivity index (χ2n) is 3.37. The first-order chi connectivity index (χ1) is 4.77. The molecule has 11 heavy (non-hydrogen) atoms. The van der Waals surface area contributed by atoms with E-state index in [1.54, 1.807) is 13.8 Å². The van der Waals surface area contributed by atoms with Crippen LogP contribution in [0.5, 0.6) is 0 Å². The Kier molecular flexibility index (Phi) is 3.71. The zero-order valence-corrected chi connectivity index (χ0v) is 7.93. The third-order valence-corrected chi connectivity index (χ3v) is 1.72. The van der Waals surface area contributed by atoms with Gasteiger partial charge in [-0.1, -0.05) is 13.8 Å². The van der Waals surface area contributed by atoms with Crippen molar-refractivity contribution in [3.8, 4) is 0 Å². The quantitative estimate of drug-likeness (QED) is 0.629. The molecule has 1 N–H and O–H groups in total. The monoisotopic (exact) mass is 181 g/mol. The largest absolute Gasteiger partial charge is 0.779 e.